The number of carbonyl (C=O) groups excluding carboxylic acids is 1. The molecule has 0 spiro atoms. The molecule has 0 aliphatic heterocycles. The largest absolute Gasteiger partial charge is 0.342 e. The SMILES string of the molecule is CC(C)CC(=O)OOC1CCCCC1. The normalized spacial score (nSPS) is 18.5. The van der Waals surface area contributed by atoms with Crippen molar-refractivity contribution < 1.29 is 14.6 Å². The van der Waals surface area contributed by atoms with Gasteiger partial charge < -0.3 is 0 Å². The monoisotopic (exact) mass is 200 g/mol. The molecule has 0 amide bonds. The molecule has 0 bridgehead atoms. The van der Waals surface area contributed by atoms with Gasteiger partial charge in [-0.15, -0.1) is 0 Å². The highest BCUT2D eigenvalue weighted by Gasteiger charge is 2.17. The molecule has 1 saturated carbocycles. The van der Waals surface area contributed by atoms with E-state index in [0.29, 0.717) is 12.3 Å². The Balaban J connectivity index is 2.09. The highest BCUT2D eigenvalue weighted by atomic mass is 17.2. The molecule has 14 heavy (non-hydrogen) atoms. The molecular formula is C11H20O3. The Kier molecular flexibility index (Phi) is 4.94. The van der Waals surface area contributed by atoms with Gasteiger partial charge in [-0.2, -0.15) is 4.89 Å². The van der Waals surface area contributed by atoms with Gasteiger partial charge in [0.1, 0.15) is 6.10 Å². The number of hydrogen-bond acceptors (Lipinski definition) is 3. The van der Waals surface area contributed by atoms with Crippen molar-refractivity contribution in [2.24, 2.45) is 5.92 Å². The van der Waals surface area contributed by atoms with E-state index in [1.165, 1.54) is 19.3 Å². The molecule has 0 saturated heterocycles. The van der Waals surface area contributed by atoms with Crippen molar-refractivity contribution in [2.75, 3.05) is 0 Å². The number of hydrogen-bond donors (Lipinski definition) is 0. The maximum Gasteiger partial charge on any atom is 0.342 e. The molecule has 0 aromatic carbocycles. The van der Waals surface area contributed by atoms with Crippen LogP contribution >= 0.6 is 0 Å². The van der Waals surface area contributed by atoms with Crippen LogP contribution in [0.15, 0.2) is 0 Å². The zero-order chi connectivity index (χ0) is 10.4. The van der Waals surface area contributed by atoms with E-state index < -0.39 is 0 Å². The van der Waals surface area contributed by atoms with E-state index in [1.807, 2.05) is 13.8 Å². The van der Waals surface area contributed by atoms with Crippen LogP contribution in [0.25, 0.3) is 0 Å². The average molecular weight is 200 g/mol. The fourth-order valence-electron chi connectivity index (χ4n) is 1.65. The zero-order valence-electron chi connectivity index (χ0n) is 9.12. The van der Waals surface area contributed by atoms with Crippen LogP contribution in [0.2, 0.25) is 0 Å². The summed E-state index contributed by atoms with van der Waals surface area (Å²) >= 11 is 0. The van der Waals surface area contributed by atoms with Crippen LogP contribution in [0.4, 0.5) is 0 Å². The maximum absolute atomic E-state index is 11.1. The Labute approximate surface area is 85.7 Å². The third kappa shape index (κ3) is 4.61. The lowest BCUT2D eigenvalue weighted by molar-refractivity contribution is -0.302. The quantitative estimate of drug-likeness (QED) is 0.517. The molecule has 0 unspecified atom stereocenters. The van der Waals surface area contributed by atoms with Crippen LogP contribution in [-0.4, -0.2) is 12.1 Å². The summed E-state index contributed by atoms with van der Waals surface area (Å²) in [5, 5.41) is 0. The first kappa shape index (κ1) is 11.5. The average Bonchev–Trinajstić information content (AvgIpc) is 2.15. The minimum atomic E-state index is -0.245. The Bertz CT molecular complexity index is 171. The van der Waals surface area contributed by atoms with Crippen LogP contribution < -0.4 is 0 Å². The van der Waals surface area contributed by atoms with Crippen molar-refractivity contribution in [1.82, 2.24) is 0 Å². The second-order valence-electron chi connectivity index (χ2n) is 4.41. The number of carbonyl (C=O) groups is 1. The van der Waals surface area contributed by atoms with Gasteiger partial charge in [0, 0.05) is 0 Å². The van der Waals surface area contributed by atoms with E-state index in [0.717, 1.165) is 12.8 Å². The minimum absolute atomic E-state index is 0.139. The zero-order valence-corrected chi connectivity index (χ0v) is 9.12. The second-order valence-corrected chi connectivity index (χ2v) is 4.41. The summed E-state index contributed by atoms with van der Waals surface area (Å²) in [6, 6.07) is 0. The highest BCUT2D eigenvalue weighted by molar-refractivity contribution is 5.68. The Morgan fingerprint density at radius 2 is 1.93 bits per heavy atom. The second kappa shape index (κ2) is 6.02. The van der Waals surface area contributed by atoms with Gasteiger partial charge in [0.05, 0.1) is 6.42 Å². The molecule has 3 nitrogen and oxygen atoms in total. The van der Waals surface area contributed by atoms with Gasteiger partial charge >= 0.3 is 5.97 Å². The maximum atomic E-state index is 11.1. The molecule has 0 heterocycles. The molecule has 1 aliphatic carbocycles. The molecule has 82 valence electrons. The first-order valence-electron chi connectivity index (χ1n) is 5.54. The molecule has 0 atom stereocenters. The van der Waals surface area contributed by atoms with Crippen molar-refractivity contribution in [3.63, 3.8) is 0 Å². The first-order chi connectivity index (χ1) is 6.68. The van der Waals surface area contributed by atoms with Gasteiger partial charge in [-0.25, -0.2) is 4.79 Å². The molecule has 0 N–H and O–H groups in total. The van der Waals surface area contributed by atoms with Crippen LogP contribution in [0.3, 0.4) is 0 Å². The first-order valence-corrected chi connectivity index (χ1v) is 5.54. The van der Waals surface area contributed by atoms with Crippen LogP contribution in [-0.2, 0) is 14.6 Å². The molecule has 3 heteroatoms. The third-order valence-electron chi connectivity index (χ3n) is 2.40. The van der Waals surface area contributed by atoms with Crippen LogP contribution in [0, 0.1) is 5.92 Å². The minimum Gasteiger partial charge on any atom is -0.298 e. The van der Waals surface area contributed by atoms with Gasteiger partial charge in [-0.3, -0.25) is 4.89 Å². The van der Waals surface area contributed by atoms with Gasteiger partial charge in [-0.05, 0) is 18.8 Å². The van der Waals surface area contributed by atoms with Crippen molar-refractivity contribution in [1.29, 1.82) is 0 Å². The summed E-state index contributed by atoms with van der Waals surface area (Å²) in [6.07, 6.45) is 6.27. The van der Waals surface area contributed by atoms with E-state index >= 15 is 0 Å². The van der Waals surface area contributed by atoms with E-state index in [9.17, 15) is 4.79 Å². The van der Waals surface area contributed by atoms with Gasteiger partial charge in [-0.1, -0.05) is 33.1 Å². The van der Waals surface area contributed by atoms with E-state index in [-0.39, 0.29) is 12.1 Å². The van der Waals surface area contributed by atoms with E-state index in [1.54, 1.807) is 0 Å². The topological polar surface area (TPSA) is 35.5 Å². The van der Waals surface area contributed by atoms with Gasteiger partial charge in [0.15, 0.2) is 0 Å². The Hall–Kier alpha value is -0.570. The lowest BCUT2D eigenvalue weighted by Crippen LogP contribution is -2.19. The van der Waals surface area contributed by atoms with Crippen molar-refractivity contribution in [3.05, 3.63) is 0 Å². The molecule has 1 fully saturated rings. The lowest BCUT2D eigenvalue weighted by Gasteiger charge is -2.19. The summed E-state index contributed by atoms with van der Waals surface area (Å²) < 4.78 is 0. The Morgan fingerprint density at radius 3 is 2.50 bits per heavy atom. The van der Waals surface area contributed by atoms with Gasteiger partial charge in [0.25, 0.3) is 0 Å². The molecule has 0 radical (unpaired) electrons. The highest BCUT2D eigenvalue weighted by Crippen LogP contribution is 2.20. The summed E-state index contributed by atoms with van der Waals surface area (Å²) in [4.78, 5) is 21.0. The van der Waals surface area contributed by atoms with Crippen LogP contribution in [0.1, 0.15) is 52.4 Å². The fourth-order valence-corrected chi connectivity index (χ4v) is 1.65. The molecule has 0 aromatic heterocycles. The molecular weight excluding hydrogens is 180 g/mol. The van der Waals surface area contributed by atoms with Crippen molar-refractivity contribution >= 4 is 5.97 Å². The number of rotatable bonds is 4. The molecule has 0 aromatic rings. The van der Waals surface area contributed by atoms with E-state index in [2.05, 4.69) is 0 Å². The molecule has 1 aliphatic rings. The van der Waals surface area contributed by atoms with Crippen LogP contribution in [0.5, 0.6) is 0 Å². The summed E-state index contributed by atoms with van der Waals surface area (Å²) in [6.45, 7) is 3.98. The standard InChI is InChI=1S/C11H20O3/c1-9(2)8-11(12)14-13-10-6-4-3-5-7-10/h9-10H,3-8H2,1-2H3. The fraction of sp³-hybridized carbons (Fsp3) is 0.909. The van der Waals surface area contributed by atoms with E-state index in [4.69, 9.17) is 9.78 Å². The summed E-state index contributed by atoms with van der Waals surface area (Å²) in [7, 11) is 0. The third-order valence-corrected chi connectivity index (χ3v) is 2.40. The predicted molar refractivity (Wildman–Crippen MR) is 53.5 cm³/mol. The van der Waals surface area contributed by atoms with Gasteiger partial charge in [0.2, 0.25) is 0 Å². The predicted octanol–water partition coefficient (Wildman–Crippen LogP) is 2.84. The Morgan fingerprint density at radius 1 is 1.29 bits per heavy atom. The smallest absolute Gasteiger partial charge is 0.298 e. The van der Waals surface area contributed by atoms with Crippen molar-refractivity contribution in [2.45, 2.75) is 58.5 Å². The summed E-state index contributed by atoms with van der Waals surface area (Å²) in [5.41, 5.74) is 0. The lowest BCUT2D eigenvalue weighted by atomic mass is 9.98. The van der Waals surface area contributed by atoms with Crippen molar-refractivity contribution in [3.8, 4) is 0 Å². The molecule has 1 rings (SSSR count). The summed E-state index contributed by atoms with van der Waals surface area (Å²) in [5.74, 6) is 0.0861.